The first-order chi connectivity index (χ1) is 6.40. The Bertz CT molecular complexity index is 451. The highest BCUT2D eigenvalue weighted by Gasteiger charge is 1.93. The van der Waals surface area contributed by atoms with Crippen molar-refractivity contribution in [3.63, 3.8) is 0 Å². The van der Waals surface area contributed by atoms with Crippen molar-refractivity contribution in [3.05, 3.63) is 42.2 Å². The lowest BCUT2D eigenvalue weighted by atomic mass is 10.1. The summed E-state index contributed by atoms with van der Waals surface area (Å²) in [5.41, 5.74) is 0.654. The molecule has 0 radical (unpaired) electrons. The van der Waals surface area contributed by atoms with E-state index in [9.17, 15) is 0 Å². The van der Waals surface area contributed by atoms with Gasteiger partial charge in [-0.05, 0) is 11.5 Å². The number of hydrogen-bond donors (Lipinski definition) is 1. The molecule has 64 valence electrons. The zero-order chi connectivity index (χ0) is 9.10. The van der Waals surface area contributed by atoms with Crippen LogP contribution in [0.5, 0.6) is 0 Å². The van der Waals surface area contributed by atoms with Crippen molar-refractivity contribution in [2.24, 2.45) is 5.16 Å². The first-order valence-corrected chi connectivity index (χ1v) is 3.92. The van der Waals surface area contributed by atoms with Gasteiger partial charge in [0, 0.05) is 11.6 Å². The first-order valence-electron chi connectivity index (χ1n) is 3.92. The maximum Gasteiger partial charge on any atom is 0.0918 e. The quantitative estimate of drug-likeness (QED) is 0.406. The van der Waals surface area contributed by atoms with E-state index >= 15 is 0 Å². The fourth-order valence-corrected chi connectivity index (χ4v) is 1.23. The summed E-state index contributed by atoms with van der Waals surface area (Å²) in [6.07, 6.45) is 3.07. The Labute approximate surface area is 75.3 Å². The second-order valence-corrected chi connectivity index (χ2v) is 2.70. The lowest BCUT2D eigenvalue weighted by Gasteiger charge is -1.96. The number of oxime groups is 1. The van der Waals surface area contributed by atoms with Gasteiger partial charge >= 0.3 is 0 Å². The molecule has 1 heterocycles. The minimum Gasteiger partial charge on any atom is -0.411 e. The molecule has 13 heavy (non-hydrogen) atoms. The van der Waals surface area contributed by atoms with Crippen LogP contribution in [0.3, 0.4) is 0 Å². The molecule has 0 saturated heterocycles. The molecule has 0 saturated carbocycles. The second-order valence-electron chi connectivity index (χ2n) is 2.70. The van der Waals surface area contributed by atoms with E-state index in [2.05, 4.69) is 10.1 Å². The maximum absolute atomic E-state index is 8.32. The van der Waals surface area contributed by atoms with Gasteiger partial charge in [0.1, 0.15) is 0 Å². The third-order valence-corrected chi connectivity index (χ3v) is 1.84. The van der Waals surface area contributed by atoms with E-state index in [1.807, 2.05) is 30.3 Å². The van der Waals surface area contributed by atoms with Gasteiger partial charge in [0.05, 0.1) is 11.9 Å². The molecule has 0 aliphatic rings. The van der Waals surface area contributed by atoms with Crippen molar-refractivity contribution in [1.29, 1.82) is 0 Å². The molecule has 0 spiro atoms. The Kier molecular flexibility index (Phi) is 1.92. The molecule has 1 aromatic carbocycles. The molecule has 2 aromatic rings. The van der Waals surface area contributed by atoms with Crippen molar-refractivity contribution in [3.8, 4) is 0 Å². The fraction of sp³-hybridized carbons (Fsp3) is 0. The first kappa shape index (κ1) is 7.73. The monoisotopic (exact) mass is 172 g/mol. The molecule has 3 heteroatoms. The summed E-state index contributed by atoms with van der Waals surface area (Å²) in [5.74, 6) is 0. The molecule has 0 aliphatic heterocycles. The third-order valence-electron chi connectivity index (χ3n) is 1.84. The Balaban J connectivity index is 2.62. The lowest BCUT2D eigenvalue weighted by molar-refractivity contribution is 0.321. The van der Waals surface area contributed by atoms with Gasteiger partial charge in [-0.1, -0.05) is 29.4 Å². The van der Waals surface area contributed by atoms with Crippen molar-refractivity contribution in [1.82, 2.24) is 4.98 Å². The molecular weight excluding hydrogens is 164 g/mol. The van der Waals surface area contributed by atoms with E-state index in [0.717, 1.165) is 10.8 Å². The number of benzene rings is 1. The SMILES string of the molecule is O/N=C\c1cc2ccccc2cn1. The summed E-state index contributed by atoms with van der Waals surface area (Å²) in [4.78, 5) is 4.09. The van der Waals surface area contributed by atoms with E-state index in [4.69, 9.17) is 5.21 Å². The maximum atomic E-state index is 8.32. The number of aromatic nitrogens is 1. The summed E-state index contributed by atoms with van der Waals surface area (Å²) < 4.78 is 0. The number of nitrogens with zero attached hydrogens (tertiary/aromatic N) is 2. The number of hydrogen-bond acceptors (Lipinski definition) is 3. The summed E-state index contributed by atoms with van der Waals surface area (Å²) in [6.45, 7) is 0. The van der Waals surface area contributed by atoms with E-state index in [0.29, 0.717) is 5.69 Å². The van der Waals surface area contributed by atoms with Gasteiger partial charge in [0.2, 0.25) is 0 Å². The van der Waals surface area contributed by atoms with Gasteiger partial charge in [-0.3, -0.25) is 4.98 Å². The Morgan fingerprint density at radius 1 is 1.23 bits per heavy atom. The van der Waals surface area contributed by atoms with Crippen LogP contribution >= 0.6 is 0 Å². The topological polar surface area (TPSA) is 45.5 Å². The van der Waals surface area contributed by atoms with Gasteiger partial charge in [-0.15, -0.1) is 0 Å². The average Bonchev–Trinajstić information content (AvgIpc) is 2.18. The number of fused-ring (bicyclic) bond motifs is 1. The summed E-state index contributed by atoms with van der Waals surface area (Å²) in [5, 5.41) is 13.4. The molecule has 0 aliphatic carbocycles. The van der Waals surface area contributed by atoms with E-state index in [1.54, 1.807) is 6.20 Å². The lowest BCUT2D eigenvalue weighted by Crippen LogP contribution is -1.86. The van der Waals surface area contributed by atoms with Crippen LogP contribution in [0.25, 0.3) is 10.8 Å². The molecule has 0 bridgehead atoms. The third kappa shape index (κ3) is 1.49. The Hall–Kier alpha value is -1.90. The smallest absolute Gasteiger partial charge is 0.0918 e. The summed E-state index contributed by atoms with van der Waals surface area (Å²) in [7, 11) is 0. The van der Waals surface area contributed by atoms with Crippen LogP contribution in [-0.2, 0) is 0 Å². The predicted octanol–water partition coefficient (Wildman–Crippen LogP) is 2.04. The van der Waals surface area contributed by atoms with E-state index in [1.165, 1.54) is 6.21 Å². The second kappa shape index (κ2) is 3.23. The van der Waals surface area contributed by atoms with Crippen molar-refractivity contribution < 1.29 is 5.21 Å². The predicted molar refractivity (Wildman–Crippen MR) is 51.1 cm³/mol. The van der Waals surface area contributed by atoms with Gasteiger partial charge in [-0.25, -0.2) is 0 Å². The van der Waals surface area contributed by atoms with Crippen LogP contribution in [0.1, 0.15) is 5.69 Å². The van der Waals surface area contributed by atoms with E-state index in [-0.39, 0.29) is 0 Å². The van der Waals surface area contributed by atoms with Crippen LogP contribution < -0.4 is 0 Å². The molecule has 0 amide bonds. The molecule has 2 rings (SSSR count). The highest BCUT2D eigenvalue weighted by Crippen LogP contribution is 2.12. The molecular formula is C10H8N2O. The molecule has 1 aromatic heterocycles. The zero-order valence-electron chi connectivity index (χ0n) is 6.88. The fourth-order valence-electron chi connectivity index (χ4n) is 1.23. The average molecular weight is 172 g/mol. The van der Waals surface area contributed by atoms with Gasteiger partial charge < -0.3 is 5.21 Å². The summed E-state index contributed by atoms with van der Waals surface area (Å²) >= 11 is 0. The normalized spacial score (nSPS) is 11.1. The van der Waals surface area contributed by atoms with Crippen molar-refractivity contribution in [2.45, 2.75) is 0 Å². The van der Waals surface area contributed by atoms with E-state index < -0.39 is 0 Å². The van der Waals surface area contributed by atoms with Crippen LogP contribution in [0, 0.1) is 0 Å². The largest absolute Gasteiger partial charge is 0.411 e. The van der Waals surface area contributed by atoms with Crippen molar-refractivity contribution >= 4 is 17.0 Å². The zero-order valence-corrected chi connectivity index (χ0v) is 6.88. The van der Waals surface area contributed by atoms with Crippen LogP contribution in [0.2, 0.25) is 0 Å². The van der Waals surface area contributed by atoms with Crippen LogP contribution in [-0.4, -0.2) is 16.4 Å². The standard InChI is InChI=1S/C10H8N2O/c13-12-7-10-5-8-3-1-2-4-9(8)6-11-10/h1-7,13H/b12-7-. The Morgan fingerprint density at radius 2 is 2.00 bits per heavy atom. The number of rotatable bonds is 1. The highest BCUT2D eigenvalue weighted by atomic mass is 16.4. The molecule has 0 atom stereocenters. The minimum absolute atomic E-state index is 0.654. The molecule has 1 N–H and O–H groups in total. The van der Waals surface area contributed by atoms with Gasteiger partial charge in [-0.2, -0.15) is 0 Å². The van der Waals surface area contributed by atoms with Crippen LogP contribution in [0.4, 0.5) is 0 Å². The van der Waals surface area contributed by atoms with Crippen molar-refractivity contribution in [2.75, 3.05) is 0 Å². The minimum atomic E-state index is 0.654. The summed E-state index contributed by atoms with van der Waals surface area (Å²) in [6, 6.07) is 9.77. The number of pyridine rings is 1. The molecule has 0 fully saturated rings. The van der Waals surface area contributed by atoms with Gasteiger partial charge in [0.25, 0.3) is 0 Å². The molecule has 0 unspecified atom stereocenters. The van der Waals surface area contributed by atoms with Gasteiger partial charge in [0.15, 0.2) is 0 Å². The highest BCUT2D eigenvalue weighted by molar-refractivity contribution is 5.87. The Morgan fingerprint density at radius 3 is 2.77 bits per heavy atom. The molecule has 3 nitrogen and oxygen atoms in total. The van der Waals surface area contributed by atoms with Crippen LogP contribution in [0.15, 0.2) is 41.7 Å².